The molecule has 47 heavy (non-hydrogen) atoms. The van der Waals surface area contributed by atoms with E-state index in [4.69, 9.17) is 18.9 Å². The Morgan fingerprint density at radius 1 is 1.02 bits per heavy atom. The van der Waals surface area contributed by atoms with Crippen LogP contribution in [0.5, 0.6) is 0 Å². The first-order valence-corrected chi connectivity index (χ1v) is 18.1. The van der Waals surface area contributed by atoms with Crippen LogP contribution >= 0.6 is 22.6 Å². The Labute approximate surface area is 290 Å². The number of alkyl halides is 1. The highest BCUT2D eigenvalue weighted by molar-refractivity contribution is 14.1. The summed E-state index contributed by atoms with van der Waals surface area (Å²) in [5, 5.41) is 20.0. The van der Waals surface area contributed by atoms with Crippen LogP contribution in [0, 0.1) is 5.92 Å². The largest absolute Gasteiger partial charge is 0.459 e. The molecule has 0 radical (unpaired) electrons. The number of aliphatic hydroxyl groups is 1. The first-order valence-electron chi connectivity index (χ1n) is 16.6. The van der Waals surface area contributed by atoms with Gasteiger partial charge in [-0.2, -0.15) is 0 Å². The highest BCUT2D eigenvalue weighted by Gasteiger charge is 2.58. The van der Waals surface area contributed by atoms with Crippen molar-refractivity contribution < 1.29 is 43.2 Å². The quantitative estimate of drug-likeness (QED) is 0.0551. The SMILES string of the molecule is CC(=O)O[C@@H](C)/C=C\C(=O)N[C@@H]1C[C@H](C)[C@H](C/C=C(C)/C=C/[C@H]2O[C@H](CC(=O)NC3CC(NC(=O)CI)C3)C[C@@]3(CO3)[C@@H]2O)O[C@@H]1C. The van der Waals surface area contributed by atoms with E-state index in [1.54, 1.807) is 13.0 Å². The normalized spacial score (nSPS) is 36.1. The summed E-state index contributed by atoms with van der Waals surface area (Å²) >= 11 is 2.03. The van der Waals surface area contributed by atoms with Crippen molar-refractivity contribution in [1.29, 1.82) is 0 Å². The van der Waals surface area contributed by atoms with Gasteiger partial charge in [0.1, 0.15) is 23.9 Å². The molecule has 1 spiro atoms. The van der Waals surface area contributed by atoms with Crippen molar-refractivity contribution in [2.24, 2.45) is 5.92 Å². The van der Waals surface area contributed by atoms with E-state index in [-0.39, 0.29) is 66.5 Å². The third-order valence-electron chi connectivity index (χ3n) is 9.33. The number of esters is 1. The van der Waals surface area contributed by atoms with Gasteiger partial charge in [-0.05, 0) is 58.4 Å². The monoisotopic (exact) mass is 771 g/mol. The molecule has 1 saturated carbocycles. The molecule has 0 aromatic rings. The van der Waals surface area contributed by atoms with Crippen molar-refractivity contribution in [3.63, 3.8) is 0 Å². The molecule has 3 heterocycles. The minimum absolute atomic E-state index is 0.00968. The molecule has 9 atom stereocenters. The maximum absolute atomic E-state index is 12.8. The van der Waals surface area contributed by atoms with Gasteiger partial charge in [0.05, 0.1) is 41.8 Å². The Hall–Kier alpha value is -2.33. The fourth-order valence-corrected chi connectivity index (χ4v) is 6.72. The zero-order valence-electron chi connectivity index (χ0n) is 27.9. The second-order valence-electron chi connectivity index (χ2n) is 13.5. The summed E-state index contributed by atoms with van der Waals surface area (Å²) in [7, 11) is 0. The van der Waals surface area contributed by atoms with E-state index in [2.05, 4.69) is 29.0 Å². The number of halogens is 1. The number of epoxide rings is 1. The molecule has 0 unspecified atom stereocenters. The van der Waals surface area contributed by atoms with E-state index in [1.807, 2.05) is 48.6 Å². The van der Waals surface area contributed by atoms with Crippen LogP contribution in [0.3, 0.4) is 0 Å². The van der Waals surface area contributed by atoms with Crippen LogP contribution in [0.2, 0.25) is 0 Å². The van der Waals surface area contributed by atoms with Crippen molar-refractivity contribution in [2.45, 2.75) is 133 Å². The lowest BCUT2D eigenvalue weighted by Crippen LogP contribution is -2.55. The van der Waals surface area contributed by atoms with Crippen LogP contribution in [0.1, 0.15) is 73.1 Å². The number of aliphatic hydroxyl groups excluding tert-OH is 1. The molecule has 0 aromatic carbocycles. The van der Waals surface area contributed by atoms with Gasteiger partial charge in [-0.15, -0.1) is 0 Å². The number of allylic oxidation sites excluding steroid dienone is 2. The number of hydrogen-bond acceptors (Lipinski definition) is 9. The number of amides is 3. The van der Waals surface area contributed by atoms with Gasteiger partial charge in [-0.25, -0.2) is 0 Å². The molecular formula is C34H50IN3O9. The topological polar surface area (TPSA) is 165 Å². The van der Waals surface area contributed by atoms with Crippen molar-refractivity contribution in [3.05, 3.63) is 36.0 Å². The summed E-state index contributed by atoms with van der Waals surface area (Å²) in [5.41, 5.74) is 0.317. The molecular weight excluding hydrogens is 721 g/mol. The molecule has 0 aromatic heterocycles. The number of carbonyl (C=O) groups is 4. The molecule has 4 rings (SSSR count). The van der Waals surface area contributed by atoms with Crippen LogP contribution in [0.4, 0.5) is 0 Å². The van der Waals surface area contributed by atoms with Crippen molar-refractivity contribution in [1.82, 2.24) is 16.0 Å². The predicted molar refractivity (Wildman–Crippen MR) is 182 cm³/mol. The Kier molecular flexibility index (Phi) is 13.4. The van der Waals surface area contributed by atoms with Crippen molar-refractivity contribution in [2.75, 3.05) is 11.0 Å². The first kappa shape index (κ1) is 37.5. The molecule has 4 fully saturated rings. The van der Waals surface area contributed by atoms with Gasteiger partial charge >= 0.3 is 5.97 Å². The summed E-state index contributed by atoms with van der Waals surface area (Å²) in [5.74, 6) is -0.545. The van der Waals surface area contributed by atoms with E-state index in [0.29, 0.717) is 23.9 Å². The van der Waals surface area contributed by atoms with Gasteiger partial charge in [0.15, 0.2) is 0 Å². The third-order valence-corrected chi connectivity index (χ3v) is 10.0. The van der Waals surface area contributed by atoms with Crippen LogP contribution in [-0.4, -0.2) is 100 Å². The summed E-state index contributed by atoms with van der Waals surface area (Å²) in [6, 6.07) is 0.0143. The van der Waals surface area contributed by atoms with Crippen molar-refractivity contribution in [3.8, 4) is 0 Å². The summed E-state index contributed by atoms with van der Waals surface area (Å²) in [6.45, 7) is 9.51. The zero-order valence-corrected chi connectivity index (χ0v) is 30.1. The van der Waals surface area contributed by atoms with E-state index >= 15 is 0 Å². The molecule has 12 nitrogen and oxygen atoms in total. The molecule has 3 aliphatic heterocycles. The van der Waals surface area contributed by atoms with Gasteiger partial charge < -0.3 is 40.0 Å². The lowest BCUT2D eigenvalue weighted by Gasteiger charge is -2.39. The minimum atomic E-state index is -0.825. The average Bonchev–Trinajstić information content (AvgIpc) is 3.76. The van der Waals surface area contributed by atoms with E-state index in [1.165, 1.54) is 13.0 Å². The van der Waals surface area contributed by atoms with Gasteiger partial charge in [-0.1, -0.05) is 53.3 Å². The smallest absolute Gasteiger partial charge is 0.303 e. The molecule has 0 bridgehead atoms. The molecule has 1 aliphatic carbocycles. The molecule has 4 N–H and O–H groups in total. The van der Waals surface area contributed by atoms with Crippen LogP contribution < -0.4 is 16.0 Å². The predicted octanol–water partition coefficient (Wildman–Crippen LogP) is 2.56. The number of rotatable bonds is 13. The van der Waals surface area contributed by atoms with Crippen molar-refractivity contribution >= 4 is 46.3 Å². The van der Waals surface area contributed by atoms with Crippen LogP contribution in [0.15, 0.2) is 36.0 Å². The number of nitrogens with one attached hydrogen (secondary N) is 3. The first-order chi connectivity index (χ1) is 22.3. The molecule has 4 aliphatic rings. The molecule has 262 valence electrons. The number of hydrogen-bond donors (Lipinski definition) is 4. The lowest BCUT2D eigenvalue weighted by molar-refractivity contribution is -0.146. The number of carbonyl (C=O) groups excluding carboxylic acids is 4. The third kappa shape index (κ3) is 11.1. The molecule has 3 saturated heterocycles. The summed E-state index contributed by atoms with van der Waals surface area (Å²) in [6.07, 6.45) is 9.85. The summed E-state index contributed by atoms with van der Waals surface area (Å²) < 4.78 is 23.6. The van der Waals surface area contributed by atoms with E-state index in [0.717, 1.165) is 24.8 Å². The standard InChI is InChI=1S/C34H50IN3O9/c1-19(6-9-28-20(2)12-27(22(4)46-28)38-30(40)11-8-21(3)45-23(5)39)7-10-29-33(43)34(18-44-34)16-26(47-29)15-31(41)36-24-13-25(14-24)37-32(42)17-35/h6-8,10-11,20-22,24-29,33,43H,9,12-18H2,1-5H3,(H,36,41)(H,37,42)(H,38,40)/b10-7+,11-8-,19-6+/t20-,21-,22+,24?,25?,26+,27+,28-,29+,33+,34+/m0/s1. The van der Waals surface area contributed by atoms with Crippen LogP contribution in [-0.2, 0) is 38.1 Å². The Morgan fingerprint density at radius 3 is 2.34 bits per heavy atom. The highest BCUT2D eigenvalue weighted by Crippen LogP contribution is 2.43. The molecule has 13 heteroatoms. The van der Waals surface area contributed by atoms with Gasteiger partial charge in [0.25, 0.3) is 0 Å². The maximum Gasteiger partial charge on any atom is 0.303 e. The Bertz CT molecular complexity index is 1230. The maximum atomic E-state index is 12.8. The van der Waals surface area contributed by atoms with E-state index in [9.17, 15) is 24.3 Å². The second-order valence-corrected chi connectivity index (χ2v) is 14.3. The zero-order chi connectivity index (χ0) is 34.3. The van der Waals surface area contributed by atoms with Gasteiger partial charge in [0.2, 0.25) is 17.7 Å². The minimum Gasteiger partial charge on any atom is -0.459 e. The lowest BCUT2D eigenvalue weighted by atomic mass is 9.85. The highest BCUT2D eigenvalue weighted by atomic mass is 127. The Balaban J connectivity index is 1.23. The van der Waals surface area contributed by atoms with E-state index < -0.39 is 29.9 Å². The fraction of sp³-hybridized carbons (Fsp3) is 0.706. The second kappa shape index (κ2) is 16.9. The number of ether oxygens (including phenoxy) is 4. The average molecular weight is 772 g/mol. The fourth-order valence-electron chi connectivity index (χ4n) is 6.50. The molecule has 3 amide bonds. The Morgan fingerprint density at radius 2 is 1.70 bits per heavy atom. The van der Waals surface area contributed by atoms with Gasteiger partial charge in [-0.3, -0.25) is 19.2 Å². The van der Waals surface area contributed by atoms with Crippen LogP contribution in [0.25, 0.3) is 0 Å². The summed E-state index contributed by atoms with van der Waals surface area (Å²) in [4.78, 5) is 47.8. The van der Waals surface area contributed by atoms with Gasteiger partial charge in [0, 0.05) is 31.5 Å².